The second kappa shape index (κ2) is 8.45. The monoisotopic (exact) mass is 432 g/mol. The van der Waals surface area contributed by atoms with E-state index in [0.29, 0.717) is 10.0 Å². The summed E-state index contributed by atoms with van der Waals surface area (Å²) in [6.07, 6.45) is 1.81. The Hall–Kier alpha value is -2.19. The van der Waals surface area contributed by atoms with Crippen molar-refractivity contribution in [3.8, 4) is 5.69 Å². The molecule has 0 atom stereocenters. The maximum atomic E-state index is 6.46. The Bertz CT molecular complexity index is 1000. The zero-order valence-corrected chi connectivity index (χ0v) is 17.4. The van der Waals surface area contributed by atoms with Gasteiger partial charge in [0.1, 0.15) is 5.03 Å². The molecule has 0 fully saturated rings. The van der Waals surface area contributed by atoms with Gasteiger partial charge in [0, 0.05) is 17.3 Å². The lowest BCUT2D eigenvalue weighted by Gasteiger charge is -2.17. The molecule has 0 unspecified atom stereocenters. The average molecular weight is 433 g/mol. The molecule has 1 aliphatic heterocycles. The smallest absolute Gasteiger partial charge is 0.177 e. The number of hydrogen-bond acceptors (Lipinski definition) is 6. The fourth-order valence-electron chi connectivity index (χ4n) is 2.87. The van der Waals surface area contributed by atoms with E-state index in [4.69, 9.17) is 23.2 Å². The highest BCUT2D eigenvalue weighted by molar-refractivity contribution is 7.98. The number of hydrogen-bond donors (Lipinski definition) is 2. The molecule has 2 N–H and O–H groups in total. The minimum Gasteiger partial charge on any atom is -0.271 e. The molecule has 1 aliphatic rings. The van der Waals surface area contributed by atoms with Crippen LogP contribution in [0.1, 0.15) is 18.1 Å². The summed E-state index contributed by atoms with van der Waals surface area (Å²) < 4.78 is 1.84. The lowest BCUT2D eigenvalue weighted by atomic mass is 10.2. The lowest BCUT2D eigenvalue weighted by Crippen LogP contribution is -2.40. The number of amidine groups is 1. The summed E-state index contributed by atoms with van der Waals surface area (Å²) in [6, 6.07) is 15.7. The van der Waals surface area contributed by atoms with Crippen molar-refractivity contribution in [1.29, 1.82) is 0 Å². The first-order chi connectivity index (χ1) is 13.7. The fourth-order valence-corrected chi connectivity index (χ4v) is 4.42. The summed E-state index contributed by atoms with van der Waals surface area (Å²) in [4.78, 5) is 0. The highest BCUT2D eigenvalue weighted by Crippen LogP contribution is 2.33. The lowest BCUT2D eigenvalue weighted by molar-refractivity contribution is 0.308. The molecule has 28 heavy (non-hydrogen) atoms. The third-order valence-corrected chi connectivity index (χ3v) is 5.92. The van der Waals surface area contributed by atoms with Crippen molar-refractivity contribution in [3.63, 3.8) is 0 Å². The highest BCUT2D eigenvalue weighted by atomic mass is 35.5. The average Bonchev–Trinajstić information content (AvgIpc) is 3.33. The Balaban J connectivity index is 1.75. The molecule has 0 aliphatic carbocycles. The fraction of sp³-hybridized carbons (Fsp3) is 0.158. The van der Waals surface area contributed by atoms with Crippen molar-refractivity contribution >= 4 is 40.8 Å². The number of hydrazone groups is 1. The van der Waals surface area contributed by atoms with Crippen LogP contribution < -0.4 is 11.1 Å². The molecule has 1 aromatic heterocycles. The first kappa shape index (κ1) is 19.1. The van der Waals surface area contributed by atoms with Gasteiger partial charge in [0.05, 0.1) is 22.5 Å². The highest BCUT2D eigenvalue weighted by Gasteiger charge is 2.25. The molecule has 0 radical (unpaired) electrons. The molecule has 9 heteroatoms. The van der Waals surface area contributed by atoms with Crippen LogP contribution in [0.2, 0.25) is 10.0 Å². The van der Waals surface area contributed by atoms with Crippen LogP contribution in [0, 0.1) is 0 Å². The molecular formula is C19H18Cl2N6S. The zero-order chi connectivity index (χ0) is 19.5. The van der Waals surface area contributed by atoms with E-state index in [-0.39, 0.29) is 0 Å². The van der Waals surface area contributed by atoms with E-state index in [9.17, 15) is 0 Å². The first-order valence-corrected chi connectivity index (χ1v) is 10.5. The van der Waals surface area contributed by atoms with Gasteiger partial charge in [0.25, 0.3) is 0 Å². The summed E-state index contributed by atoms with van der Waals surface area (Å²) in [5.41, 5.74) is 8.75. The zero-order valence-electron chi connectivity index (χ0n) is 15.1. The minimum absolute atomic E-state index is 0.542. The number of rotatable bonds is 6. The molecule has 0 saturated heterocycles. The van der Waals surface area contributed by atoms with Crippen LogP contribution in [-0.4, -0.2) is 27.2 Å². The van der Waals surface area contributed by atoms with Crippen LogP contribution >= 0.6 is 35.0 Å². The van der Waals surface area contributed by atoms with E-state index < -0.39 is 0 Å². The molecule has 0 bridgehead atoms. The Kier molecular flexibility index (Phi) is 5.77. The molecule has 2 heterocycles. The standard InChI is InChI=1S/C19H18Cl2N6S/c1-2-26-18(23-24-25-26)15-11-22-27(17-9-8-14(20)10-16(17)21)19(15)28-12-13-6-4-3-5-7-13/h3-11,24-25H,2,12H2,1H3. The molecule has 6 nitrogen and oxygen atoms in total. The summed E-state index contributed by atoms with van der Waals surface area (Å²) in [6.45, 7) is 2.80. The van der Waals surface area contributed by atoms with Gasteiger partial charge >= 0.3 is 0 Å². The normalized spacial score (nSPS) is 13.5. The van der Waals surface area contributed by atoms with E-state index in [2.05, 4.69) is 33.4 Å². The number of nitrogens with zero attached hydrogens (tertiary/aromatic N) is 4. The SMILES string of the molecule is CCN1NNN=C1c1cnn(-c2ccc(Cl)cc2Cl)c1SCc1ccccc1. The predicted octanol–water partition coefficient (Wildman–Crippen LogP) is 4.48. The minimum atomic E-state index is 0.542. The molecule has 4 rings (SSSR count). The number of nitrogens with one attached hydrogen (secondary N) is 2. The Labute approximate surface area is 177 Å². The van der Waals surface area contributed by atoms with Crippen molar-refractivity contribution in [3.05, 3.63) is 75.9 Å². The van der Waals surface area contributed by atoms with Gasteiger partial charge < -0.3 is 0 Å². The van der Waals surface area contributed by atoms with Gasteiger partial charge in [0.2, 0.25) is 0 Å². The maximum Gasteiger partial charge on any atom is 0.177 e. The number of halogens is 2. The van der Waals surface area contributed by atoms with Gasteiger partial charge in [-0.1, -0.05) is 53.5 Å². The number of hydrazine groups is 2. The second-order valence-corrected chi connectivity index (χ2v) is 7.86. The Morgan fingerprint density at radius 1 is 1.11 bits per heavy atom. The summed E-state index contributed by atoms with van der Waals surface area (Å²) in [7, 11) is 0. The van der Waals surface area contributed by atoms with Crippen LogP contribution in [0.25, 0.3) is 5.69 Å². The van der Waals surface area contributed by atoms with Crippen molar-refractivity contribution in [2.24, 2.45) is 5.10 Å². The van der Waals surface area contributed by atoms with Gasteiger partial charge in [-0.05, 0) is 30.7 Å². The second-order valence-electron chi connectivity index (χ2n) is 6.05. The van der Waals surface area contributed by atoms with Gasteiger partial charge in [-0.3, -0.25) is 5.01 Å². The summed E-state index contributed by atoms with van der Waals surface area (Å²) in [5, 5.41) is 13.0. The third kappa shape index (κ3) is 3.84. The third-order valence-electron chi connectivity index (χ3n) is 4.24. The molecule has 0 spiro atoms. The van der Waals surface area contributed by atoms with Gasteiger partial charge in [0.15, 0.2) is 5.84 Å². The van der Waals surface area contributed by atoms with Crippen LogP contribution in [0.3, 0.4) is 0 Å². The topological polar surface area (TPSA) is 57.5 Å². The van der Waals surface area contributed by atoms with Crippen LogP contribution in [0.5, 0.6) is 0 Å². The van der Waals surface area contributed by atoms with Gasteiger partial charge in [-0.25, -0.2) is 10.2 Å². The predicted molar refractivity (Wildman–Crippen MR) is 115 cm³/mol. The van der Waals surface area contributed by atoms with Crippen molar-refractivity contribution < 1.29 is 0 Å². The number of aromatic nitrogens is 2. The van der Waals surface area contributed by atoms with E-state index in [1.165, 1.54) is 5.56 Å². The molecule has 3 aromatic rings. The van der Waals surface area contributed by atoms with Crippen molar-refractivity contribution in [1.82, 2.24) is 25.9 Å². The van der Waals surface area contributed by atoms with E-state index in [1.54, 1.807) is 17.8 Å². The van der Waals surface area contributed by atoms with Crippen LogP contribution in [-0.2, 0) is 5.75 Å². The van der Waals surface area contributed by atoms with Crippen LogP contribution in [0.4, 0.5) is 0 Å². The summed E-state index contributed by atoms with van der Waals surface area (Å²) in [5.74, 6) is 1.58. The quantitative estimate of drug-likeness (QED) is 0.562. The van der Waals surface area contributed by atoms with Crippen LogP contribution in [0.15, 0.2) is 64.9 Å². The Morgan fingerprint density at radius 3 is 2.68 bits per heavy atom. The largest absolute Gasteiger partial charge is 0.271 e. The van der Waals surface area contributed by atoms with Gasteiger partial charge in [-0.2, -0.15) is 5.10 Å². The molecule has 2 aromatic carbocycles. The number of thioether (sulfide) groups is 1. The molecule has 144 valence electrons. The first-order valence-electron chi connectivity index (χ1n) is 8.73. The van der Waals surface area contributed by atoms with Crippen molar-refractivity contribution in [2.75, 3.05) is 6.54 Å². The van der Waals surface area contributed by atoms with Gasteiger partial charge in [-0.15, -0.1) is 22.4 Å². The number of benzene rings is 2. The summed E-state index contributed by atoms with van der Waals surface area (Å²) >= 11 is 14.2. The van der Waals surface area contributed by atoms with E-state index >= 15 is 0 Å². The van der Waals surface area contributed by atoms with E-state index in [1.807, 2.05) is 53.1 Å². The molecule has 0 saturated carbocycles. The Morgan fingerprint density at radius 2 is 1.93 bits per heavy atom. The molecule has 0 amide bonds. The van der Waals surface area contributed by atoms with Crippen molar-refractivity contribution in [2.45, 2.75) is 17.7 Å². The molecular weight excluding hydrogens is 415 g/mol. The van der Waals surface area contributed by atoms with E-state index in [0.717, 1.165) is 34.4 Å². The maximum absolute atomic E-state index is 6.46.